The van der Waals surface area contributed by atoms with E-state index in [0.717, 1.165) is 29.1 Å². The van der Waals surface area contributed by atoms with Crippen LogP contribution in [0.2, 0.25) is 0 Å². The summed E-state index contributed by atoms with van der Waals surface area (Å²) in [6.07, 6.45) is -3.92. The van der Waals surface area contributed by atoms with E-state index in [1.807, 2.05) is 12.1 Å². The molecule has 0 aliphatic heterocycles. The second-order valence-electron chi connectivity index (χ2n) is 5.90. The molecule has 1 heterocycles. The summed E-state index contributed by atoms with van der Waals surface area (Å²) in [6.45, 7) is 2.07. The van der Waals surface area contributed by atoms with Gasteiger partial charge in [0.05, 0.1) is 5.69 Å². The molecule has 0 bridgehead atoms. The highest BCUT2D eigenvalue weighted by Gasteiger charge is 2.31. The third kappa shape index (κ3) is 2.93. The number of hydrogen-bond acceptors (Lipinski definition) is 3. The van der Waals surface area contributed by atoms with Crippen molar-refractivity contribution in [2.45, 2.75) is 19.7 Å². The van der Waals surface area contributed by atoms with Crippen LogP contribution in [0.5, 0.6) is 5.75 Å². The van der Waals surface area contributed by atoms with Gasteiger partial charge < -0.3 is 10.1 Å². The van der Waals surface area contributed by atoms with Gasteiger partial charge in [0.1, 0.15) is 11.6 Å². The molecule has 0 saturated carbocycles. The van der Waals surface area contributed by atoms with Crippen LogP contribution in [0.25, 0.3) is 11.3 Å². The molecule has 0 amide bonds. The first kappa shape index (κ1) is 15.6. The van der Waals surface area contributed by atoms with Gasteiger partial charge in [0.2, 0.25) is 0 Å². The van der Waals surface area contributed by atoms with Crippen LogP contribution in [0.1, 0.15) is 16.7 Å². The number of aryl methyl sites for hydroxylation is 1. The summed E-state index contributed by atoms with van der Waals surface area (Å²) in [4.78, 5) is 0. The molecule has 25 heavy (non-hydrogen) atoms. The molecule has 0 spiro atoms. The minimum absolute atomic E-state index is 0.254. The van der Waals surface area contributed by atoms with E-state index in [2.05, 4.69) is 33.2 Å². The molecule has 0 radical (unpaired) electrons. The van der Waals surface area contributed by atoms with Gasteiger partial charge in [-0.25, -0.2) is 0 Å². The van der Waals surface area contributed by atoms with Crippen LogP contribution in [0.4, 0.5) is 24.7 Å². The van der Waals surface area contributed by atoms with Crippen molar-refractivity contribution in [2.75, 3.05) is 5.32 Å². The number of aromatic nitrogens is 2. The van der Waals surface area contributed by atoms with E-state index < -0.39 is 6.36 Å². The van der Waals surface area contributed by atoms with E-state index >= 15 is 0 Å². The summed E-state index contributed by atoms with van der Waals surface area (Å²) in [7, 11) is 0. The highest BCUT2D eigenvalue weighted by atomic mass is 19.4. The fraction of sp³-hybridized carbons (Fsp3) is 0.167. The van der Waals surface area contributed by atoms with Crippen molar-refractivity contribution in [3.63, 3.8) is 0 Å². The Kier molecular flexibility index (Phi) is 3.45. The van der Waals surface area contributed by atoms with Gasteiger partial charge in [-0.15, -0.1) is 13.2 Å². The Balaban J connectivity index is 1.56. The van der Waals surface area contributed by atoms with E-state index in [1.54, 1.807) is 0 Å². The lowest BCUT2D eigenvalue weighted by Crippen LogP contribution is -2.16. The Labute approximate surface area is 141 Å². The number of fused-ring (bicyclic) bond motifs is 3. The van der Waals surface area contributed by atoms with Crippen LogP contribution < -0.4 is 10.1 Å². The standard InChI is InChI=1S/C18H14F3N3O/c1-10-3-2-4-13-14(10)9-15-16(13)23-24-17(15)22-11-5-7-12(8-6-11)25-18(19,20)21/h2-8H,9H2,1H3,(H2,22,23,24). The lowest BCUT2D eigenvalue weighted by molar-refractivity contribution is -0.274. The maximum Gasteiger partial charge on any atom is 0.573 e. The Morgan fingerprint density at radius 1 is 1.08 bits per heavy atom. The summed E-state index contributed by atoms with van der Waals surface area (Å²) >= 11 is 0. The first-order valence-electron chi connectivity index (χ1n) is 7.69. The lowest BCUT2D eigenvalue weighted by atomic mass is 10.0. The molecule has 1 aliphatic carbocycles. The lowest BCUT2D eigenvalue weighted by Gasteiger charge is -2.10. The van der Waals surface area contributed by atoms with E-state index in [-0.39, 0.29) is 5.75 Å². The molecule has 4 rings (SSSR count). The van der Waals surface area contributed by atoms with Crippen LogP contribution in [0.15, 0.2) is 42.5 Å². The maximum atomic E-state index is 12.2. The highest BCUT2D eigenvalue weighted by molar-refractivity contribution is 5.80. The van der Waals surface area contributed by atoms with Crippen molar-refractivity contribution in [3.8, 4) is 17.0 Å². The number of anilines is 2. The van der Waals surface area contributed by atoms with Gasteiger partial charge >= 0.3 is 6.36 Å². The second-order valence-corrected chi connectivity index (χ2v) is 5.90. The summed E-state index contributed by atoms with van der Waals surface area (Å²) in [5.41, 5.74) is 6.21. The quantitative estimate of drug-likeness (QED) is 0.553. The fourth-order valence-corrected chi connectivity index (χ4v) is 3.08. The van der Waals surface area contributed by atoms with Gasteiger partial charge in [0, 0.05) is 23.2 Å². The zero-order valence-corrected chi connectivity index (χ0v) is 13.2. The van der Waals surface area contributed by atoms with Gasteiger partial charge in [-0.2, -0.15) is 5.10 Å². The summed E-state index contributed by atoms with van der Waals surface area (Å²) in [5, 5.41) is 10.5. The summed E-state index contributed by atoms with van der Waals surface area (Å²) in [5.74, 6) is 0.492. The predicted octanol–water partition coefficient (Wildman–Crippen LogP) is 4.93. The third-order valence-corrected chi connectivity index (χ3v) is 4.24. The number of hydrogen-bond donors (Lipinski definition) is 2. The van der Waals surface area contributed by atoms with Crippen LogP contribution in [0.3, 0.4) is 0 Å². The zero-order chi connectivity index (χ0) is 17.6. The van der Waals surface area contributed by atoms with Crippen LogP contribution in [0, 0.1) is 6.92 Å². The van der Waals surface area contributed by atoms with Gasteiger partial charge in [-0.05, 0) is 42.3 Å². The van der Waals surface area contributed by atoms with Crippen molar-refractivity contribution < 1.29 is 17.9 Å². The van der Waals surface area contributed by atoms with Crippen molar-refractivity contribution in [3.05, 3.63) is 59.2 Å². The van der Waals surface area contributed by atoms with Crippen LogP contribution in [-0.2, 0) is 6.42 Å². The molecule has 3 aromatic rings. The molecular formula is C18H14F3N3O. The molecule has 2 aromatic carbocycles. The second kappa shape index (κ2) is 5.54. The number of alkyl halides is 3. The minimum Gasteiger partial charge on any atom is -0.406 e. The molecule has 2 N–H and O–H groups in total. The highest BCUT2D eigenvalue weighted by Crippen LogP contribution is 2.40. The molecule has 4 nitrogen and oxygen atoms in total. The summed E-state index contributed by atoms with van der Waals surface area (Å²) < 4.78 is 40.5. The molecule has 0 fully saturated rings. The van der Waals surface area contributed by atoms with E-state index in [1.165, 1.54) is 35.4 Å². The van der Waals surface area contributed by atoms with Crippen LogP contribution >= 0.6 is 0 Å². The number of benzene rings is 2. The van der Waals surface area contributed by atoms with Crippen LogP contribution in [-0.4, -0.2) is 16.6 Å². The van der Waals surface area contributed by atoms with Crippen molar-refractivity contribution >= 4 is 11.5 Å². The Hall–Kier alpha value is -2.96. The number of aromatic amines is 1. The molecule has 0 unspecified atom stereocenters. The maximum absolute atomic E-state index is 12.2. The van der Waals surface area contributed by atoms with E-state index in [0.29, 0.717) is 5.69 Å². The normalized spacial score (nSPS) is 12.6. The third-order valence-electron chi connectivity index (χ3n) is 4.24. The van der Waals surface area contributed by atoms with Gasteiger partial charge in [0.25, 0.3) is 0 Å². The van der Waals surface area contributed by atoms with Gasteiger partial charge in [-0.3, -0.25) is 5.10 Å². The molecule has 1 aromatic heterocycles. The molecule has 0 saturated heterocycles. The summed E-state index contributed by atoms with van der Waals surface area (Å²) in [6, 6.07) is 11.7. The Morgan fingerprint density at radius 2 is 1.84 bits per heavy atom. The average molecular weight is 345 g/mol. The number of H-pyrrole nitrogens is 1. The number of ether oxygens (including phenoxy) is 1. The SMILES string of the molecule is Cc1cccc2c1Cc1c-2n[nH]c1Nc1ccc(OC(F)(F)F)cc1. The van der Waals surface area contributed by atoms with Crippen molar-refractivity contribution in [1.29, 1.82) is 0 Å². The monoisotopic (exact) mass is 345 g/mol. The zero-order valence-electron chi connectivity index (χ0n) is 13.2. The average Bonchev–Trinajstić information content (AvgIpc) is 3.09. The molecule has 1 aliphatic rings. The number of nitrogens with zero attached hydrogens (tertiary/aromatic N) is 1. The molecular weight excluding hydrogens is 331 g/mol. The van der Waals surface area contributed by atoms with Gasteiger partial charge in [-0.1, -0.05) is 18.2 Å². The van der Waals surface area contributed by atoms with Crippen molar-refractivity contribution in [2.24, 2.45) is 0 Å². The smallest absolute Gasteiger partial charge is 0.406 e. The largest absolute Gasteiger partial charge is 0.573 e. The first-order chi connectivity index (χ1) is 11.9. The minimum atomic E-state index is -4.69. The Bertz CT molecular complexity index is 930. The number of nitrogens with one attached hydrogen (secondary N) is 2. The molecule has 0 atom stereocenters. The fourth-order valence-electron chi connectivity index (χ4n) is 3.08. The number of halogens is 3. The Morgan fingerprint density at radius 3 is 2.56 bits per heavy atom. The molecule has 128 valence electrons. The number of rotatable bonds is 3. The molecule has 7 heteroatoms. The van der Waals surface area contributed by atoms with E-state index in [9.17, 15) is 13.2 Å². The van der Waals surface area contributed by atoms with Gasteiger partial charge in [0.15, 0.2) is 0 Å². The predicted molar refractivity (Wildman–Crippen MR) is 88.0 cm³/mol. The van der Waals surface area contributed by atoms with Crippen molar-refractivity contribution in [1.82, 2.24) is 10.2 Å². The topological polar surface area (TPSA) is 49.9 Å². The first-order valence-corrected chi connectivity index (χ1v) is 7.69. The van der Waals surface area contributed by atoms with E-state index in [4.69, 9.17) is 0 Å².